The fourth-order valence-electron chi connectivity index (χ4n) is 2.99. The summed E-state index contributed by atoms with van der Waals surface area (Å²) in [7, 11) is 0. The molecule has 1 aromatic carbocycles. The maximum absolute atomic E-state index is 12.1. The highest BCUT2D eigenvalue weighted by molar-refractivity contribution is 6.27. The number of hydrogen-bond donors (Lipinski definition) is 0. The first-order valence-corrected chi connectivity index (χ1v) is 6.95. The van der Waals surface area contributed by atoms with E-state index in [4.69, 9.17) is 0 Å². The number of Topliss-reactive ketones (excluding diaryl/α,β-unsaturated/α-hetero) is 1. The topological polar surface area (TPSA) is 50.3 Å². The first kappa shape index (κ1) is 13.6. The average Bonchev–Trinajstić information content (AvgIpc) is 2.93. The Hall–Kier alpha value is -2.33. The molecule has 2 aromatic rings. The number of pyridine rings is 1. The van der Waals surface area contributed by atoms with Crippen molar-refractivity contribution in [3.05, 3.63) is 65.5 Å². The van der Waals surface area contributed by atoms with Crippen LogP contribution in [0.15, 0.2) is 48.8 Å². The Morgan fingerprint density at radius 1 is 1.29 bits per heavy atom. The molecule has 0 radical (unpaired) electrons. The van der Waals surface area contributed by atoms with Crippen molar-refractivity contribution in [1.82, 2.24) is 9.88 Å². The van der Waals surface area contributed by atoms with Gasteiger partial charge in [0.2, 0.25) is 5.78 Å². The highest BCUT2D eigenvalue weighted by Gasteiger charge is 2.37. The number of ketones is 1. The lowest BCUT2D eigenvalue weighted by atomic mass is 10.0. The van der Waals surface area contributed by atoms with Crippen molar-refractivity contribution in [2.45, 2.75) is 25.6 Å². The van der Waals surface area contributed by atoms with Gasteiger partial charge in [0.05, 0.1) is 0 Å². The largest absolute Gasteiger partial charge is 0.295 e. The Labute approximate surface area is 123 Å². The minimum Gasteiger partial charge on any atom is -0.295 e. The van der Waals surface area contributed by atoms with E-state index in [0.717, 1.165) is 16.7 Å². The summed E-state index contributed by atoms with van der Waals surface area (Å²) in [6.45, 7) is 2.72. The van der Waals surface area contributed by atoms with Crippen molar-refractivity contribution in [3.63, 3.8) is 0 Å². The first-order valence-electron chi connectivity index (χ1n) is 6.95. The van der Waals surface area contributed by atoms with Crippen LogP contribution in [0.1, 0.15) is 35.7 Å². The van der Waals surface area contributed by atoms with Crippen molar-refractivity contribution in [2.75, 3.05) is 0 Å². The molecular weight excluding hydrogens is 264 g/mol. The summed E-state index contributed by atoms with van der Waals surface area (Å²) in [6, 6.07) is 11.2. The minimum absolute atomic E-state index is 0.0364. The molecule has 1 aromatic heterocycles. The number of nitrogens with zero attached hydrogens (tertiary/aromatic N) is 2. The zero-order valence-electron chi connectivity index (χ0n) is 11.8. The molecule has 0 fully saturated rings. The molecule has 4 heteroatoms. The number of benzene rings is 1. The van der Waals surface area contributed by atoms with Crippen LogP contribution in [-0.2, 0) is 16.1 Å². The molecule has 0 bridgehead atoms. The molecule has 0 N–H and O–H groups in total. The van der Waals surface area contributed by atoms with Crippen LogP contribution in [0.2, 0.25) is 0 Å². The molecule has 0 spiro atoms. The summed E-state index contributed by atoms with van der Waals surface area (Å²) in [5, 5.41) is 0. The number of fused-ring (bicyclic) bond motifs is 1. The van der Waals surface area contributed by atoms with Crippen molar-refractivity contribution < 1.29 is 9.59 Å². The van der Waals surface area contributed by atoms with Gasteiger partial charge in [-0.15, -0.1) is 0 Å². The molecule has 21 heavy (non-hydrogen) atoms. The quantitative estimate of drug-likeness (QED) is 0.637. The van der Waals surface area contributed by atoms with Crippen molar-refractivity contribution >= 4 is 12.1 Å². The molecule has 1 aliphatic heterocycles. The van der Waals surface area contributed by atoms with Gasteiger partial charge in [-0.3, -0.25) is 19.5 Å². The van der Waals surface area contributed by atoms with E-state index >= 15 is 0 Å². The fraction of sp³-hybridized carbons (Fsp3) is 0.235. The molecule has 1 aliphatic rings. The second-order valence-corrected chi connectivity index (χ2v) is 5.25. The summed E-state index contributed by atoms with van der Waals surface area (Å²) < 4.78 is 0. The first-order chi connectivity index (χ1) is 10.2. The van der Waals surface area contributed by atoms with E-state index in [2.05, 4.69) is 9.88 Å². The van der Waals surface area contributed by atoms with Crippen molar-refractivity contribution in [3.8, 4) is 0 Å². The lowest BCUT2D eigenvalue weighted by molar-refractivity contribution is -0.134. The predicted molar refractivity (Wildman–Crippen MR) is 78.4 cm³/mol. The monoisotopic (exact) mass is 280 g/mol. The minimum atomic E-state index is -0.484. The highest BCUT2D eigenvalue weighted by atomic mass is 16.2. The van der Waals surface area contributed by atoms with Gasteiger partial charge in [0.1, 0.15) is 6.04 Å². The zero-order valence-corrected chi connectivity index (χ0v) is 11.8. The van der Waals surface area contributed by atoms with E-state index in [1.165, 1.54) is 0 Å². The third-order valence-electron chi connectivity index (χ3n) is 4.11. The summed E-state index contributed by atoms with van der Waals surface area (Å²) in [5.41, 5.74) is 3.13. The molecular formula is C17H16N2O2. The van der Waals surface area contributed by atoms with Gasteiger partial charge in [-0.2, -0.15) is 0 Å². The average molecular weight is 280 g/mol. The van der Waals surface area contributed by atoms with Crippen LogP contribution in [0.5, 0.6) is 0 Å². The Morgan fingerprint density at radius 3 is 2.71 bits per heavy atom. The van der Waals surface area contributed by atoms with Gasteiger partial charge < -0.3 is 0 Å². The predicted octanol–water partition coefficient (Wildman–Crippen LogP) is 2.47. The number of aldehydes is 1. The zero-order chi connectivity index (χ0) is 14.8. The van der Waals surface area contributed by atoms with Crippen LogP contribution in [0.3, 0.4) is 0 Å². The van der Waals surface area contributed by atoms with E-state index in [-0.39, 0.29) is 11.8 Å². The van der Waals surface area contributed by atoms with Crippen molar-refractivity contribution in [1.29, 1.82) is 0 Å². The standard InChI is InChI=1S/C17H16N2O2/c1-12(13-6-8-18-9-7-13)19-10-14-4-2-3-5-15(14)17(19)16(21)11-20/h2-9,11-12,17H,10H2,1H3. The molecule has 0 saturated heterocycles. The summed E-state index contributed by atoms with van der Waals surface area (Å²) in [6.07, 6.45) is 3.91. The number of carbonyl (C=O) groups is 2. The Morgan fingerprint density at radius 2 is 2.00 bits per heavy atom. The number of carbonyl (C=O) groups excluding carboxylic acids is 2. The number of hydrogen-bond acceptors (Lipinski definition) is 4. The third-order valence-corrected chi connectivity index (χ3v) is 4.11. The molecule has 2 heterocycles. The lowest BCUT2D eigenvalue weighted by Gasteiger charge is -2.29. The Kier molecular flexibility index (Phi) is 3.62. The van der Waals surface area contributed by atoms with E-state index in [9.17, 15) is 9.59 Å². The molecule has 0 saturated carbocycles. The molecule has 106 valence electrons. The maximum atomic E-state index is 12.1. The summed E-state index contributed by atoms with van der Waals surface area (Å²) >= 11 is 0. The van der Waals surface area contributed by atoms with E-state index in [1.54, 1.807) is 12.4 Å². The molecule has 0 amide bonds. The van der Waals surface area contributed by atoms with Crippen LogP contribution in [0.25, 0.3) is 0 Å². The molecule has 0 aliphatic carbocycles. The van der Waals surface area contributed by atoms with Crippen LogP contribution in [0.4, 0.5) is 0 Å². The van der Waals surface area contributed by atoms with Crippen LogP contribution < -0.4 is 0 Å². The normalized spacial score (nSPS) is 19.0. The van der Waals surface area contributed by atoms with Gasteiger partial charge in [0.25, 0.3) is 0 Å². The molecule has 2 atom stereocenters. The number of rotatable bonds is 4. The fourth-order valence-corrected chi connectivity index (χ4v) is 2.99. The van der Waals surface area contributed by atoms with Crippen molar-refractivity contribution in [2.24, 2.45) is 0 Å². The van der Waals surface area contributed by atoms with E-state index < -0.39 is 6.04 Å². The van der Waals surface area contributed by atoms with E-state index in [1.807, 2.05) is 43.3 Å². The molecule has 4 nitrogen and oxygen atoms in total. The maximum Gasteiger partial charge on any atom is 0.216 e. The smallest absolute Gasteiger partial charge is 0.216 e. The van der Waals surface area contributed by atoms with Gasteiger partial charge in [-0.25, -0.2) is 0 Å². The highest BCUT2D eigenvalue weighted by Crippen LogP contribution is 2.39. The van der Waals surface area contributed by atoms with Crippen LogP contribution in [-0.4, -0.2) is 22.0 Å². The lowest BCUT2D eigenvalue weighted by Crippen LogP contribution is -2.31. The third kappa shape index (κ3) is 2.38. The number of aromatic nitrogens is 1. The van der Waals surface area contributed by atoms with Gasteiger partial charge in [-0.1, -0.05) is 24.3 Å². The Bertz CT molecular complexity index is 670. The second kappa shape index (κ2) is 5.58. The second-order valence-electron chi connectivity index (χ2n) is 5.25. The van der Waals surface area contributed by atoms with Crippen LogP contribution >= 0.6 is 0 Å². The van der Waals surface area contributed by atoms with Gasteiger partial charge >= 0.3 is 0 Å². The van der Waals surface area contributed by atoms with E-state index in [0.29, 0.717) is 12.8 Å². The van der Waals surface area contributed by atoms with Gasteiger partial charge in [0.15, 0.2) is 6.29 Å². The van der Waals surface area contributed by atoms with Gasteiger partial charge in [0, 0.05) is 25.0 Å². The molecule has 2 unspecified atom stereocenters. The summed E-state index contributed by atoms with van der Waals surface area (Å²) in [4.78, 5) is 29.2. The van der Waals surface area contributed by atoms with Crippen LogP contribution in [0, 0.1) is 0 Å². The Balaban J connectivity index is 1.99. The van der Waals surface area contributed by atoms with Gasteiger partial charge in [-0.05, 0) is 35.7 Å². The molecule has 3 rings (SSSR count). The summed E-state index contributed by atoms with van der Waals surface area (Å²) in [5.74, 6) is -0.388. The SMILES string of the molecule is CC(c1ccncc1)N1Cc2ccccc2C1C(=O)C=O.